The van der Waals surface area contributed by atoms with Crippen LogP contribution in [0.3, 0.4) is 0 Å². The van der Waals surface area contributed by atoms with Gasteiger partial charge in [-0.15, -0.1) is 0 Å². The predicted molar refractivity (Wildman–Crippen MR) is 119 cm³/mol. The Bertz CT molecular complexity index is 1560. The molecule has 0 aliphatic carbocycles. The van der Waals surface area contributed by atoms with Crippen molar-refractivity contribution < 1.29 is 23.1 Å². The molecule has 2 amide bonds. The van der Waals surface area contributed by atoms with Crippen molar-refractivity contribution in [3.63, 3.8) is 0 Å². The van der Waals surface area contributed by atoms with E-state index in [1.165, 1.54) is 31.4 Å². The van der Waals surface area contributed by atoms with Crippen molar-refractivity contribution >= 4 is 38.4 Å². The first-order valence-corrected chi connectivity index (χ1v) is 11.1. The number of amides is 2. The van der Waals surface area contributed by atoms with Crippen LogP contribution in [0.15, 0.2) is 71.8 Å². The number of hydrogen-bond acceptors (Lipinski definition) is 6. The van der Waals surface area contributed by atoms with Crippen LogP contribution in [0.2, 0.25) is 0 Å². The number of fused-ring (bicyclic) bond motifs is 2. The Hall–Kier alpha value is -4.11. The summed E-state index contributed by atoms with van der Waals surface area (Å²) in [4.78, 5) is 26.5. The molecular weight excluding hydrogens is 430 g/mol. The Morgan fingerprint density at radius 2 is 1.50 bits per heavy atom. The highest BCUT2D eigenvalue weighted by Gasteiger charge is 2.39. The molecule has 1 aromatic heterocycles. The van der Waals surface area contributed by atoms with E-state index in [0.29, 0.717) is 16.5 Å². The van der Waals surface area contributed by atoms with Gasteiger partial charge in [0.05, 0.1) is 27.2 Å². The second-order valence-corrected chi connectivity index (χ2v) is 9.27. The topological polar surface area (TPSA) is 123 Å². The van der Waals surface area contributed by atoms with Crippen LogP contribution < -0.4 is 5.73 Å². The van der Waals surface area contributed by atoms with Crippen LogP contribution in [0.25, 0.3) is 22.0 Å². The zero-order valence-corrected chi connectivity index (χ0v) is 17.6. The van der Waals surface area contributed by atoms with E-state index in [-0.39, 0.29) is 33.0 Å². The molecule has 1 aliphatic heterocycles. The lowest BCUT2D eigenvalue weighted by Gasteiger charge is -2.09. The number of aromatic hydroxyl groups is 1. The van der Waals surface area contributed by atoms with Gasteiger partial charge in [-0.1, -0.05) is 36.4 Å². The van der Waals surface area contributed by atoms with Crippen molar-refractivity contribution in [2.24, 2.45) is 0 Å². The van der Waals surface area contributed by atoms with Gasteiger partial charge in [-0.05, 0) is 24.3 Å². The molecule has 1 aliphatic rings. The Kier molecular flexibility index (Phi) is 4.15. The Labute approximate surface area is 183 Å². The van der Waals surface area contributed by atoms with E-state index in [0.717, 1.165) is 8.87 Å². The molecule has 0 saturated carbocycles. The largest absolute Gasteiger partial charge is 0.506 e. The molecule has 160 valence electrons. The van der Waals surface area contributed by atoms with Gasteiger partial charge in [-0.2, -0.15) is 0 Å². The van der Waals surface area contributed by atoms with Crippen molar-refractivity contribution in [3.05, 3.63) is 78.0 Å². The molecule has 9 heteroatoms. The number of nitrogens with two attached hydrogens (primary N) is 1. The second-order valence-electron chi connectivity index (χ2n) is 7.45. The highest BCUT2D eigenvalue weighted by molar-refractivity contribution is 7.90. The maximum Gasteiger partial charge on any atom is 0.268 e. The van der Waals surface area contributed by atoms with Crippen LogP contribution in [0.1, 0.15) is 20.7 Å². The van der Waals surface area contributed by atoms with Crippen molar-refractivity contribution in [1.29, 1.82) is 0 Å². The number of anilines is 1. The third-order valence-electron chi connectivity index (χ3n) is 5.65. The van der Waals surface area contributed by atoms with Crippen LogP contribution in [-0.4, -0.2) is 41.3 Å². The van der Waals surface area contributed by atoms with E-state index in [1.54, 1.807) is 42.5 Å². The fraction of sp³-hybridized carbons (Fsp3) is 0.0435. The Morgan fingerprint density at radius 3 is 2.22 bits per heavy atom. The molecule has 3 aromatic carbocycles. The van der Waals surface area contributed by atoms with Gasteiger partial charge in [-0.3, -0.25) is 14.5 Å². The minimum Gasteiger partial charge on any atom is -0.506 e. The number of phenols is 1. The number of carbonyl (C=O) groups excluding carboxylic acids is 2. The number of hydrogen-bond donors (Lipinski definition) is 2. The molecule has 32 heavy (non-hydrogen) atoms. The van der Waals surface area contributed by atoms with Gasteiger partial charge in [0, 0.05) is 29.8 Å². The first-order valence-electron chi connectivity index (χ1n) is 9.62. The predicted octanol–water partition coefficient (Wildman–Crippen LogP) is 3.06. The van der Waals surface area contributed by atoms with Crippen molar-refractivity contribution in [3.8, 4) is 16.9 Å². The van der Waals surface area contributed by atoms with Crippen molar-refractivity contribution in [1.82, 2.24) is 8.87 Å². The van der Waals surface area contributed by atoms with Crippen molar-refractivity contribution in [2.75, 3.05) is 12.8 Å². The molecule has 4 aromatic rings. The first kappa shape index (κ1) is 19.8. The summed E-state index contributed by atoms with van der Waals surface area (Å²) in [5, 5.41) is 10.9. The van der Waals surface area contributed by atoms with Gasteiger partial charge >= 0.3 is 0 Å². The lowest BCUT2D eigenvalue weighted by atomic mass is 9.94. The van der Waals surface area contributed by atoms with Crippen LogP contribution >= 0.6 is 0 Å². The van der Waals surface area contributed by atoms with E-state index in [1.807, 2.05) is 0 Å². The standard InChI is InChI=1S/C23H17N3O5S/c1-25-22(28)19-15(11-18(27)21(24)20(19)23(25)29)16-12-26(17-10-6-5-9-14(16)17)32(30,31)13-7-3-2-4-8-13/h2-12,27H,24H2,1H3. The summed E-state index contributed by atoms with van der Waals surface area (Å²) in [6.07, 6.45) is 1.40. The normalized spacial score (nSPS) is 13.7. The molecular formula is C23H17N3O5S. The number of nitrogen functional groups attached to an aromatic ring is 1. The monoisotopic (exact) mass is 447 g/mol. The highest BCUT2D eigenvalue weighted by Crippen LogP contribution is 2.43. The summed E-state index contributed by atoms with van der Waals surface area (Å²) < 4.78 is 27.9. The summed E-state index contributed by atoms with van der Waals surface area (Å²) >= 11 is 0. The molecule has 0 fully saturated rings. The van der Waals surface area contributed by atoms with Gasteiger partial charge in [0.1, 0.15) is 5.75 Å². The smallest absolute Gasteiger partial charge is 0.268 e. The van der Waals surface area contributed by atoms with Crippen LogP contribution in [0.4, 0.5) is 5.69 Å². The molecule has 0 atom stereocenters. The molecule has 0 unspecified atom stereocenters. The average Bonchev–Trinajstić information content (AvgIpc) is 3.29. The summed E-state index contributed by atoms with van der Waals surface area (Å²) in [5.74, 6) is -1.56. The minimum atomic E-state index is -3.95. The highest BCUT2D eigenvalue weighted by atomic mass is 32.2. The number of para-hydroxylation sites is 1. The fourth-order valence-electron chi connectivity index (χ4n) is 4.04. The SMILES string of the molecule is CN1C(=O)c2c(-c3cn(S(=O)(=O)c4ccccc4)c4ccccc34)cc(O)c(N)c2C1=O. The summed E-state index contributed by atoms with van der Waals surface area (Å²) in [6.45, 7) is 0. The van der Waals surface area contributed by atoms with E-state index >= 15 is 0 Å². The van der Waals surface area contributed by atoms with E-state index in [2.05, 4.69) is 0 Å². The minimum absolute atomic E-state index is 0.0350. The molecule has 5 rings (SSSR count). The first-order chi connectivity index (χ1) is 15.2. The number of nitrogens with zero attached hydrogens (tertiary/aromatic N) is 2. The lowest BCUT2D eigenvalue weighted by molar-refractivity contribution is 0.0693. The molecule has 0 saturated heterocycles. The molecule has 0 spiro atoms. The van der Waals surface area contributed by atoms with Crippen molar-refractivity contribution in [2.45, 2.75) is 4.90 Å². The van der Waals surface area contributed by atoms with Gasteiger partial charge in [0.15, 0.2) is 0 Å². The number of rotatable bonds is 3. The van der Waals surface area contributed by atoms with E-state index in [4.69, 9.17) is 5.73 Å². The van der Waals surface area contributed by atoms with Crippen LogP contribution in [0, 0.1) is 0 Å². The molecule has 2 heterocycles. The average molecular weight is 447 g/mol. The molecule has 0 bridgehead atoms. The molecule has 0 radical (unpaired) electrons. The van der Waals surface area contributed by atoms with E-state index in [9.17, 15) is 23.1 Å². The number of phenolic OH excluding ortho intramolecular Hbond substituents is 1. The lowest BCUT2D eigenvalue weighted by Crippen LogP contribution is -2.24. The zero-order chi connectivity index (χ0) is 22.8. The summed E-state index contributed by atoms with van der Waals surface area (Å²) in [6, 6.07) is 16.1. The Balaban J connectivity index is 1.86. The molecule has 3 N–H and O–H groups in total. The Morgan fingerprint density at radius 1 is 0.875 bits per heavy atom. The molecule has 8 nitrogen and oxygen atoms in total. The number of aromatic nitrogens is 1. The number of carbonyl (C=O) groups is 2. The maximum absolute atomic E-state index is 13.4. The summed E-state index contributed by atoms with van der Waals surface area (Å²) in [5.41, 5.74) is 6.66. The van der Waals surface area contributed by atoms with E-state index < -0.39 is 21.8 Å². The number of benzene rings is 3. The third-order valence-corrected chi connectivity index (χ3v) is 7.34. The van der Waals surface area contributed by atoms with Gasteiger partial charge in [0.2, 0.25) is 0 Å². The van der Waals surface area contributed by atoms with Crippen LogP contribution in [-0.2, 0) is 10.0 Å². The second kappa shape index (κ2) is 6.69. The maximum atomic E-state index is 13.4. The van der Waals surface area contributed by atoms with Gasteiger partial charge < -0.3 is 10.8 Å². The third kappa shape index (κ3) is 2.58. The zero-order valence-electron chi connectivity index (χ0n) is 16.8. The van der Waals surface area contributed by atoms with Gasteiger partial charge in [-0.25, -0.2) is 12.4 Å². The van der Waals surface area contributed by atoms with Gasteiger partial charge in [0.25, 0.3) is 21.8 Å². The number of imide groups is 1. The summed E-state index contributed by atoms with van der Waals surface area (Å²) in [7, 11) is -2.63. The fourth-order valence-corrected chi connectivity index (χ4v) is 5.43. The van der Waals surface area contributed by atoms with Crippen LogP contribution in [0.5, 0.6) is 5.75 Å². The quantitative estimate of drug-likeness (QED) is 0.283.